The summed E-state index contributed by atoms with van der Waals surface area (Å²) in [5.41, 5.74) is 13.3. The average Bonchev–Trinajstić information content (AvgIpc) is 3.86. The van der Waals surface area contributed by atoms with Crippen LogP contribution in [0.1, 0.15) is 0 Å². The minimum absolute atomic E-state index is 1.17. The summed E-state index contributed by atoms with van der Waals surface area (Å²) >= 11 is 0. The fourth-order valence-electron chi connectivity index (χ4n) is 9.17. The van der Waals surface area contributed by atoms with Crippen molar-refractivity contribution in [3.8, 4) is 28.2 Å². The van der Waals surface area contributed by atoms with Crippen molar-refractivity contribution in [2.24, 2.45) is 0 Å². The standard InChI is InChI=1S/C50H31N3/c1-3-13-34(14-4-1)51-44-20-10-8-18-39(44)42-31-36(24-28-45(42)51)53-46-21-11-12-32-22-26-41-37(27-29-47(53)50(41)49(32)46)33-23-25-40-38-17-7-9-19-43(38)52(48(40)30-33)35-15-5-2-6-16-35/h1-31H. The fourth-order valence-corrected chi connectivity index (χ4v) is 9.17. The lowest BCUT2D eigenvalue weighted by Crippen LogP contribution is -1.95. The topological polar surface area (TPSA) is 14.8 Å². The van der Waals surface area contributed by atoms with Gasteiger partial charge in [0.05, 0.1) is 33.1 Å². The average molecular weight is 674 g/mol. The van der Waals surface area contributed by atoms with E-state index in [0.717, 1.165) is 0 Å². The molecule has 0 aliphatic carbocycles. The Hall–Kier alpha value is -7.10. The Morgan fingerprint density at radius 3 is 1.57 bits per heavy atom. The van der Waals surface area contributed by atoms with E-state index in [4.69, 9.17) is 0 Å². The molecule has 0 aliphatic heterocycles. The Kier molecular flexibility index (Phi) is 5.77. The molecule has 0 unspecified atom stereocenters. The van der Waals surface area contributed by atoms with Crippen LogP contribution in [0.15, 0.2) is 188 Å². The first-order chi connectivity index (χ1) is 26.3. The molecule has 0 saturated carbocycles. The molecule has 0 aliphatic rings. The predicted octanol–water partition coefficient (Wildman–Crippen LogP) is 13.2. The second-order valence-electron chi connectivity index (χ2n) is 14.1. The number of hydrogen-bond acceptors (Lipinski definition) is 0. The van der Waals surface area contributed by atoms with Crippen molar-refractivity contribution in [2.75, 3.05) is 0 Å². The van der Waals surface area contributed by atoms with Crippen molar-refractivity contribution in [1.82, 2.24) is 13.7 Å². The van der Waals surface area contributed by atoms with Gasteiger partial charge in [-0.15, -0.1) is 0 Å². The van der Waals surface area contributed by atoms with Crippen LogP contribution in [0.5, 0.6) is 0 Å². The molecule has 0 spiro atoms. The van der Waals surface area contributed by atoms with Gasteiger partial charge in [-0.05, 0) is 94.7 Å². The summed E-state index contributed by atoms with van der Waals surface area (Å²) < 4.78 is 7.26. The molecule has 0 amide bonds. The highest BCUT2D eigenvalue weighted by molar-refractivity contribution is 6.27. The number of aromatic nitrogens is 3. The van der Waals surface area contributed by atoms with Crippen LogP contribution in [-0.4, -0.2) is 13.7 Å². The lowest BCUT2D eigenvalue weighted by atomic mass is 9.94. The maximum atomic E-state index is 2.47. The van der Waals surface area contributed by atoms with Crippen LogP contribution in [0.2, 0.25) is 0 Å². The summed E-state index contributed by atoms with van der Waals surface area (Å²) in [5, 5.41) is 10.2. The van der Waals surface area contributed by atoms with Crippen LogP contribution in [0.25, 0.3) is 104 Å². The molecule has 0 fully saturated rings. The molecule has 0 radical (unpaired) electrons. The Bertz CT molecular complexity index is 3380. The van der Waals surface area contributed by atoms with Crippen LogP contribution in [-0.2, 0) is 0 Å². The van der Waals surface area contributed by atoms with Gasteiger partial charge in [0.15, 0.2) is 0 Å². The molecule has 246 valence electrons. The quantitative estimate of drug-likeness (QED) is 0.165. The lowest BCUT2D eigenvalue weighted by molar-refractivity contribution is 1.17. The van der Waals surface area contributed by atoms with Crippen molar-refractivity contribution in [3.05, 3.63) is 188 Å². The van der Waals surface area contributed by atoms with E-state index in [1.54, 1.807) is 0 Å². The van der Waals surface area contributed by atoms with Crippen molar-refractivity contribution < 1.29 is 0 Å². The van der Waals surface area contributed by atoms with Gasteiger partial charge in [0.25, 0.3) is 0 Å². The van der Waals surface area contributed by atoms with E-state index in [-0.39, 0.29) is 0 Å². The maximum Gasteiger partial charge on any atom is 0.0547 e. The zero-order chi connectivity index (χ0) is 34.6. The van der Waals surface area contributed by atoms with E-state index in [1.165, 1.54) is 104 Å². The highest BCUT2D eigenvalue weighted by atomic mass is 15.0. The number of hydrogen-bond donors (Lipinski definition) is 0. The van der Waals surface area contributed by atoms with Gasteiger partial charge >= 0.3 is 0 Å². The van der Waals surface area contributed by atoms with Crippen LogP contribution in [0.4, 0.5) is 0 Å². The van der Waals surface area contributed by atoms with E-state index in [1.807, 2.05) is 0 Å². The van der Waals surface area contributed by atoms with Crippen molar-refractivity contribution in [1.29, 1.82) is 0 Å². The molecule has 9 aromatic carbocycles. The summed E-state index contributed by atoms with van der Waals surface area (Å²) in [6.45, 7) is 0. The van der Waals surface area contributed by atoms with Gasteiger partial charge in [0, 0.05) is 49.4 Å². The van der Waals surface area contributed by atoms with Crippen LogP contribution in [0, 0.1) is 0 Å². The van der Waals surface area contributed by atoms with Crippen LogP contribution >= 0.6 is 0 Å². The van der Waals surface area contributed by atoms with Gasteiger partial charge in [-0.2, -0.15) is 0 Å². The largest absolute Gasteiger partial charge is 0.309 e. The molecule has 0 saturated heterocycles. The number of para-hydroxylation sites is 4. The summed E-state index contributed by atoms with van der Waals surface area (Å²) in [6, 6.07) is 68.9. The van der Waals surface area contributed by atoms with Gasteiger partial charge in [-0.1, -0.05) is 115 Å². The predicted molar refractivity (Wildman–Crippen MR) is 224 cm³/mol. The van der Waals surface area contributed by atoms with Crippen LogP contribution < -0.4 is 0 Å². The Morgan fingerprint density at radius 1 is 0.264 bits per heavy atom. The molecule has 12 rings (SSSR count). The zero-order valence-electron chi connectivity index (χ0n) is 28.7. The van der Waals surface area contributed by atoms with Crippen molar-refractivity contribution in [3.63, 3.8) is 0 Å². The monoisotopic (exact) mass is 673 g/mol. The minimum Gasteiger partial charge on any atom is -0.309 e. The molecule has 53 heavy (non-hydrogen) atoms. The first-order valence-corrected chi connectivity index (χ1v) is 18.3. The summed E-state index contributed by atoms with van der Waals surface area (Å²) in [4.78, 5) is 0. The molecule has 3 heteroatoms. The smallest absolute Gasteiger partial charge is 0.0547 e. The first kappa shape index (κ1) is 28.6. The van der Waals surface area contributed by atoms with Crippen molar-refractivity contribution >= 4 is 76.2 Å². The maximum absolute atomic E-state index is 2.47. The Morgan fingerprint density at radius 2 is 0.811 bits per heavy atom. The highest BCUT2D eigenvalue weighted by Gasteiger charge is 2.21. The molecule has 12 aromatic rings. The number of nitrogens with zero attached hydrogens (tertiary/aromatic N) is 3. The highest BCUT2D eigenvalue weighted by Crippen LogP contribution is 2.44. The van der Waals surface area contributed by atoms with Gasteiger partial charge in [-0.3, -0.25) is 0 Å². The van der Waals surface area contributed by atoms with E-state index in [0.29, 0.717) is 0 Å². The van der Waals surface area contributed by atoms with Crippen molar-refractivity contribution in [2.45, 2.75) is 0 Å². The number of benzene rings is 9. The Labute approximate surface area is 305 Å². The fraction of sp³-hybridized carbons (Fsp3) is 0. The second kappa shape index (κ2) is 10.7. The number of fused-ring (bicyclic) bond motifs is 6. The summed E-state index contributed by atoms with van der Waals surface area (Å²) in [6.07, 6.45) is 0. The molecule has 3 nitrogen and oxygen atoms in total. The molecule has 0 N–H and O–H groups in total. The van der Waals surface area contributed by atoms with E-state index in [9.17, 15) is 0 Å². The zero-order valence-corrected chi connectivity index (χ0v) is 28.7. The number of rotatable bonds is 4. The molecule has 0 atom stereocenters. The van der Waals surface area contributed by atoms with E-state index in [2.05, 4.69) is 202 Å². The third-order valence-corrected chi connectivity index (χ3v) is 11.4. The van der Waals surface area contributed by atoms with E-state index < -0.39 is 0 Å². The molecule has 0 bridgehead atoms. The Balaban J connectivity index is 1.10. The SMILES string of the molecule is c1ccc(-n2c3ccccc3c3cc(-n4c5cccc6ccc7c(-c8ccc9c%10ccccc%10n(-c%10ccccc%10)c9c8)ccc4c7c65)ccc32)cc1. The summed E-state index contributed by atoms with van der Waals surface area (Å²) in [5.74, 6) is 0. The van der Waals surface area contributed by atoms with Crippen LogP contribution in [0.3, 0.4) is 0 Å². The van der Waals surface area contributed by atoms with Gasteiger partial charge in [0.1, 0.15) is 0 Å². The third-order valence-electron chi connectivity index (χ3n) is 11.4. The minimum atomic E-state index is 1.17. The van der Waals surface area contributed by atoms with Gasteiger partial charge < -0.3 is 13.7 Å². The molecular weight excluding hydrogens is 643 g/mol. The second-order valence-corrected chi connectivity index (χ2v) is 14.1. The third kappa shape index (κ3) is 3.94. The normalized spacial score (nSPS) is 12.2. The van der Waals surface area contributed by atoms with Gasteiger partial charge in [0.2, 0.25) is 0 Å². The molecule has 3 aromatic heterocycles. The molecular formula is C50H31N3. The summed E-state index contributed by atoms with van der Waals surface area (Å²) in [7, 11) is 0. The first-order valence-electron chi connectivity index (χ1n) is 18.3. The van der Waals surface area contributed by atoms with Gasteiger partial charge in [-0.25, -0.2) is 0 Å². The molecule has 3 heterocycles. The van der Waals surface area contributed by atoms with E-state index >= 15 is 0 Å². The lowest BCUT2D eigenvalue weighted by Gasteiger charge is -2.12.